The van der Waals surface area contributed by atoms with Gasteiger partial charge in [0.2, 0.25) is 0 Å². The third-order valence-corrected chi connectivity index (χ3v) is 6.19. The predicted octanol–water partition coefficient (Wildman–Crippen LogP) is 3.15. The Balaban J connectivity index is 2.49. The first-order valence-electron chi connectivity index (χ1n) is 7.83. The lowest BCUT2D eigenvalue weighted by Gasteiger charge is -2.38. The molecule has 0 heterocycles. The van der Waals surface area contributed by atoms with Gasteiger partial charge in [0, 0.05) is 18.3 Å². The third kappa shape index (κ3) is 6.26. The first kappa shape index (κ1) is 17.0. The van der Waals surface area contributed by atoms with E-state index in [-0.39, 0.29) is 5.75 Å². The van der Waals surface area contributed by atoms with Gasteiger partial charge in [0.1, 0.15) is 9.84 Å². The lowest BCUT2D eigenvalue weighted by Crippen LogP contribution is -2.39. The second-order valence-electron chi connectivity index (χ2n) is 6.44. The standard InChI is InChI=1S/C15H31NO2S/c1-4-19(17,18)12-8-11-15(13-16-14(2)3)9-6-5-7-10-15/h14,16H,4-13H2,1-3H3. The minimum absolute atomic E-state index is 0.282. The summed E-state index contributed by atoms with van der Waals surface area (Å²) in [6.45, 7) is 7.15. The zero-order chi connectivity index (χ0) is 14.4. The van der Waals surface area contributed by atoms with Gasteiger partial charge in [-0.2, -0.15) is 0 Å². The van der Waals surface area contributed by atoms with E-state index in [1.54, 1.807) is 6.92 Å². The number of sulfone groups is 1. The minimum Gasteiger partial charge on any atom is -0.314 e. The van der Waals surface area contributed by atoms with Gasteiger partial charge in [0.25, 0.3) is 0 Å². The second kappa shape index (κ2) is 7.63. The third-order valence-electron chi connectivity index (χ3n) is 4.40. The Morgan fingerprint density at radius 3 is 2.32 bits per heavy atom. The molecule has 0 unspecified atom stereocenters. The van der Waals surface area contributed by atoms with E-state index < -0.39 is 9.84 Å². The van der Waals surface area contributed by atoms with Crippen LogP contribution in [0.25, 0.3) is 0 Å². The van der Waals surface area contributed by atoms with Crippen LogP contribution in [0.3, 0.4) is 0 Å². The molecule has 4 heteroatoms. The number of nitrogens with one attached hydrogen (secondary N) is 1. The quantitative estimate of drug-likeness (QED) is 0.746. The van der Waals surface area contributed by atoms with Crippen molar-refractivity contribution in [2.75, 3.05) is 18.1 Å². The van der Waals surface area contributed by atoms with Crippen LogP contribution in [-0.4, -0.2) is 32.5 Å². The van der Waals surface area contributed by atoms with E-state index in [1.807, 2.05) is 0 Å². The lowest BCUT2D eigenvalue weighted by atomic mass is 9.71. The van der Waals surface area contributed by atoms with E-state index in [0.29, 0.717) is 17.2 Å². The summed E-state index contributed by atoms with van der Waals surface area (Å²) in [5.41, 5.74) is 0.353. The SMILES string of the molecule is CCS(=O)(=O)CCCC1(CNC(C)C)CCCCC1. The fourth-order valence-electron chi connectivity index (χ4n) is 3.05. The van der Waals surface area contributed by atoms with Crippen molar-refractivity contribution >= 4 is 9.84 Å². The van der Waals surface area contributed by atoms with Crippen LogP contribution in [-0.2, 0) is 9.84 Å². The zero-order valence-electron chi connectivity index (χ0n) is 12.9. The fraction of sp³-hybridized carbons (Fsp3) is 1.00. The number of hydrogen-bond donors (Lipinski definition) is 1. The Morgan fingerprint density at radius 2 is 1.79 bits per heavy atom. The summed E-state index contributed by atoms with van der Waals surface area (Å²) in [7, 11) is -2.80. The molecule has 0 atom stereocenters. The molecule has 1 fully saturated rings. The molecule has 1 aliphatic rings. The van der Waals surface area contributed by atoms with Gasteiger partial charge in [0.05, 0.1) is 5.75 Å². The van der Waals surface area contributed by atoms with Gasteiger partial charge in [-0.25, -0.2) is 8.42 Å². The van der Waals surface area contributed by atoms with Crippen LogP contribution in [0.15, 0.2) is 0 Å². The molecule has 1 rings (SSSR count). The van der Waals surface area contributed by atoms with Crippen LogP contribution in [0.2, 0.25) is 0 Å². The number of rotatable bonds is 8. The Labute approximate surface area is 119 Å². The van der Waals surface area contributed by atoms with Crippen molar-refractivity contribution in [3.05, 3.63) is 0 Å². The molecular weight excluding hydrogens is 258 g/mol. The summed E-state index contributed by atoms with van der Waals surface area (Å²) in [5, 5.41) is 3.57. The van der Waals surface area contributed by atoms with E-state index in [0.717, 1.165) is 19.4 Å². The Morgan fingerprint density at radius 1 is 1.16 bits per heavy atom. The Hall–Kier alpha value is -0.0900. The van der Waals surface area contributed by atoms with Crippen LogP contribution in [0.5, 0.6) is 0 Å². The smallest absolute Gasteiger partial charge is 0.150 e. The molecule has 3 nitrogen and oxygen atoms in total. The molecule has 0 bridgehead atoms. The van der Waals surface area contributed by atoms with E-state index in [1.165, 1.54) is 32.1 Å². The maximum absolute atomic E-state index is 11.6. The molecule has 1 N–H and O–H groups in total. The van der Waals surface area contributed by atoms with Gasteiger partial charge in [-0.3, -0.25) is 0 Å². The average Bonchev–Trinajstić information content (AvgIpc) is 2.37. The highest BCUT2D eigenvalue weighted by Crippen LogP contribution is 2.39. The molecule has 0 radical (unpaired) electrons. The van der Waals surface area contributed by atoms with Crippen LogP contribution >= 0.6 is 0 Å². The number of hydrogen-bond acceptors (Lipinski definition) is 3. The van der Waals surface area contributed by atoms with Crippen LogP contribution < -0.4 is 5.32 Å². The average molecular weight is 289 g/mol. The lowest BCUT2D eigenvalue weighted by molar-refractivity contribution is 0.161. The molecule has 0 spiro atoms. The molecule has 114 valence electrons. The van der Waals surface area contributed by atoms with Crippen molar-refractivity contribution in [3.63, 3.8) is 0 Å². The van der Waals surface area contributed by atoms with Gasteiger partial charge in [0.15, 0.2) is 0 Å². The molecule has 0 amide bonds. The van der Waals surface area contributed by atoms with Crippen LogP contribution in [0.1, 0.15) is 65.7 Å². The van der Waals surface area contributed by atoms with E-state index in [9.17, 15) is 8.42 Å². The topological polar surface area (TPSA) is 46.2 Å². The highest BCUT2D eigenvalue weighted by Gasteiger charge is 2.31. The monoisotopic (exact) mass is 289 g/mol. The van der Waals surface area contributed by atoms with Gasteiger partial charge in [-0.1, -0.05) is 40.0 Å². The van der Waals surface area contributed by atoms with Gasteiger partial charge < -0.3 is 5.32 Å². The van der Waals surface area contributed by atoms with Crippen LogP contribution in [0.4, 0.5) is 0 Å². The molecule has 1 saturated carbocycles. The summed E-state index contributed by atoms with van der Waals surface area (Å²) >= 11 is 0. The molecule has 0 aliphatic heterocycles. The van der Waals surface area contributed by atoms with Crippen molar-refractivity contribution in [1.29, 1.82) is 0 Å². The van der Waals surface area contributed by atoms with Crippen molar-refractivity contribution in [3.8, 4) is 0 Å². The first-order valence-corrected chi connectivity index (χ1v) is 9.65. The Bertz CT molecular complexity index is 343. The second-order valence-corrected chi connectivity index (χ2v) is 8.91. The van der Waals surface area contributed by atoms with Gasteiger partial charge >= 0.3 is 0 Å². The molecular formula is C15H31NO2S. The highest BCUT2D eigenvalue weighted by atomic mass is 32.2. The summed E-state index contributed by atoms with van der Waals surface area (Å²) in [4.78, 5) is 0. The molecule has 0 aromatic heterocycles. The van der Waals surface area contributed by atoms with Crippen molar-refractivity contribution in [1.82, 2.24) is 5.32 Å². The van der Waals surface area contributed by atoms with E-state index in [4.69, 9.17) is 0 Å². The first-order chi connectivity index (χ1) is 8.89. The van der Waals surface area contributed by atoms with Crippen LogP contribution in [0, 0.1) is 5.41 Å². The minimum atomic E-state index is -2.80. The normalized spacial score (nSPS) is 19.8. The molecule has 0 aromatic carbocycles. The molecule has 1 aliphatic carbocycles. The zero-order valence-corrected chi connectivity index (χ0v) is 13.7. The fourth-order valence-corrected chi connectivity index (χ4v) is 3.92. The van der Waals surface area contributed by atoms with Crippen molar-refractivity contribution in [2.24, 2.45) is 5.41 Å². The van der Waals surface area contributed by atoms with Gasteiger partial charge in [-0.15, -0.1) is 0 Å². The summed E-state index contributed by atoms with van der Waals surface area (Å²) < 4.78 is 23.2. The maximum Gasteiger partial charge on any atom is 0.150 e. The summed E-state index contributed by atoms with van der Waals surface area (Å²) in [6.07, 6.45) is 8.37. The van der Waals surface area contributed by atoms with E-state index in [2.05, 4.69) is 19.2 Å². The molecule has 0 saturated heterocycles. The van der Waals surface area contributed by atoms with Crippen molar-refractivity contribution in [2.45, 2.75) is 71.8 Å². The largest absolute Gasteiger partial charge is 0.314 e. The Kier molecular flexibility index (Phi) is 6.81. The summed E-state index contributed by atoms with van der Waals surface area (Å²) in [5.74, 6) is 0.650. The predicted molar refractivity (Wildman–Crippen MR) is 82.2 cm³/mol. The van der Waals surface area contributed by atoms with Gasteiger partial charge in [-0.05, 0) is 31.1 Å². The highest BCUT2D eigenvalue weighted by molar-refractivity contribution is 7.91. The molecule has 0 aromatic rings. The van der Waals surface area contributed by atoms with E-state index >= 15 is 0 Å². The molecule has 19 heavy (non-hydrogen) atoms. The summed E-state index contributed by atoms with van der Waals surface area (Å²) in [6, 6.07) is 0.512. The van der Waals surface area contributed by atoms with Crippen molar-refractivity contribution < 1.29 is 8.42 Å². The maximum atomic E-state index is 11.6.